The minimum Gasteiger partial charge on any atom is -0.497 e. The zero-order valence-corrected chi connectivity index (χ0v) is 18.6. The molecule has 4 nitrogen and oxygen atoms in total. The zero-order chi connectivity index (χ0) is 20.1. The van der Waals surface area contributed by atoms with Crippen LogP contribution in [-0.2, 0) is 4.79 Å². The molecule has 0 atom stereocenters. The van der Waals surface area contributed by atoms with Crippen molar-refractivity contribution < 1.29 is 9.53 Å². The third-order valence-electron chi connectivity index (χ3n) is 4.42. The SMILES string of the molecule is CCCCC(=O)N(c1ccc(Br)cc1)c1nc(-c2ccc(OC)cc2)c(C)s1. The Kier molecular flexibility index (Phi) is 6.86. The lowest BCUT2D eigenvalue weighted by molar-refractivity contribution is -0.118. The first-order valence-electron chi connectivity index (χ1n) is 9.24. The van der Waals surface area contributed by atoms with Gasteiger partial charge in [0.1, 0.15) is 5.75 Å². The number of ether oxygens (including phenoxy) is 1. The van der Waals surface area contributed by atoms with E-state index in [2.05, 4.69) is 22.9 Å². The van der Waals surface area contributed by atoms with Crippen molar-refractivity contribution in [3.63, 3.8) is 0 Å². The standard InChI is InChI=1S/C22H23BrN2O2S/c1-4-5-6-20(26)25(18-11-9-17(23)10-12-18)22-24-21(15(2)28-22)16-7-13-19(27-3)14-8-16/h7-14H,4-6H2,1-3H3. The number of halogens is 1. The monoisotopic (exact) mass is 458 g/mol. The Balaban J connectivity index is 2.00. The van der Waals surface area contributed by atoms with Crippen molar-refractivity contribution in [1.29, 1.82) is 0 Å². The number of aryl methyl sites for hydroxylation is 1. The number of unbranched alkanes of at least 4 members (excludes halogenated alkanes) is 1. The van der Waals surface area contributed by atoms with Gasteiger partial charge in [-0.15, -0.1) is 11.3 Å². The Morgan fingerprint density at radius 1 is 1.14 bits per heavy atom. The number of aromatic nitrogens is 1. The number of benzene rings is 2. The van der Waals surface area contributed by atoms with Gasteiger partial charge in [0.05, 0.1) is 18.5 Å². The number of anilines is 2. The van der Waals surface area contributed by atoms with Crippen molar-refractivity contribution >= 4 is 44.0 Å². The van der Waals surface area contributed by atoms with Gasteiger partial charge in [-0.05, 0) is 61.9 Å². The van der Waals surface area contributed by atoms with Crippen LogP contribution in [0.25, 0.3) is 11.3 Å². The largest absolute Gasteiger partial charge is 0.497 e. The summed E-state index contributed by atoms with van der Waals surface area (Å²) in [7, 11) is 1.65. The maximum atomic E-state index is 13.0. The number of carbonyl (C=O) groups excluding carboxylic acids is 1. The predicted octanol–water partition coefficient (Wildman–Crippen LogP) is 6.74. The van der Waals surface area contributed by atoms with Crippen molar-refractivity contribution in [2.45, 2.75) is 33.1 Å². The molecule has 1 amide bonds. The molecule has 0 aliphatic heterocycles. The van der Waals surface area contributed by atoms with Crippen LogP contribution in [0.2, 0.25) is 0 Å². The number of hydrogen-bond acceptors (Lipinski definition) is 4. The van der Waals surface area contributed by atoms with Gasteiger partial charge in [-0.1, -0.05) is 29.3 Å². The lowest BCUT2D eigenvalue weighted by Crippen LogP contribution is -2.25. The van der Waals surface area contributed by atoms with E-state index in [0.717, 1.165) is 44.9 Å². The average molecular weight is 459 g/mol. The number of nitrogens with zero attached hydrogens (tertiary/aromatic N) is 2. The van der Waals surface area contributed by atoms with Crippen LogP contribution in [-0.4, -0.2) is 18.0 Å². The second-order valence-electron chi connectivity index (χ2n) is 6.44. The van der Waals surface area contributed by atoms with Crippen LogP contribution < -0.4 is 9.64 Å². The van der Waals surface area contributed by atoms with E-state index in [9.17, 15) is 4.79 Å². The summed E-state index contributed by atoms with van der Waals surface area (Å²) in [6, 6.07) is 15.6. The summed E-state index contributed by atoms with van der Waals surface area (Å²) in [6.45, 7) is 4.13. The van der Waals surface area contributed by atoms with Gasteiger partial charge in [-0.2, -0.15) is 0 Å². The molecule has 0 fully saturated rings. The van der Waals surface area contributed by atoms with Crippen molar-refractivity contribution in [1.82, 2.24) is 4.98 Å². The number of hydrogen-bond donors (Lipinski definition) is 0. The molecule has 3 rings (SSSR count). The second-order valence-corrected chi connectivity index (χ2v) is 8.54. The Bertz CT molecular complexity index is 936. The van der Waals surface area contributed by atoms with Crippen molar-refractivity contribution in [3.05, 3.63) is 57.9 Å². The van der Waals surface area contributed by atoms with E-state index in [0.29, 0.717) is 11.6 Å². The summed E-state index contributed by atoms with van der Waals surface area (Å²) >= 11 is 5.00. The first-order chi connectivity index (χ1) is 13.5. The van der Waals surface area contributed by atoms with E-state index in [1.165, 1.54) is 11.3 Å². The fraction of sp³-hybridized carbons (Fsp3) is 0.273. The number of carbonyl (C=O) groups is 1. The van der Waals surface area contributed by atoms with Crippen LogP contribution in [0.4, 0.5) is 10.8 Å². The highest BCUT2D eigenvalue weighted by Gasteiger charge is 2.22. The van der Waals surface area contributed by atoms with Gasteiger partial charge in [-0.25, -0.2) is 4.98 Å². The van der Waals surface area contributed by atoms with Crippen molar-refractivity contribution in [2.75, 3.05) is 12.0 Å². The van der Waals surface area contributed by atoms with Crippen LogP contribution in [0.3, 0.4) is 0 Å². The van der Waals surface area contributed by atoms with Crippen molar-refractivity contribution in [3.8, 4) is 17.0 Å². The molecule has 1 aromatic heterocycles. The minimum absolute atomic E-state index is 0.0687. The highest BCUT2D eigenvalue weighted by Crippen LogP contribution is 2.37. The molecule has 0 N–H and O–H groups in total. The van der Waals surface area contributed by atoms with E-state index < -0.39 is 0 Å². The lowest BCUT2D eigenvalue weighted by Gasteiger charge is -2.20. The summed E-state index contributed by atoms with van der Waals surface area (Å²) < 4.78 is 6.22. The number of rotatable bonds is 7. The molecule has 0 aliphatic carbocycles. The van der Waals surface area contributed by atoms with Gasteiger partial charge < -0.3 is 4.74 Å². The molecule has 0 spiro atoms. The molecule has 0 aliphatic rings. The van der Waals surface area contributed by atoms with Gasteiger partial charge in [0, 0.05) is 21.3 Å². The molecule has 0 bridgehead atoms. The van der Waals surface area contributed by atoms with Gasteiger partial charge in [0.15, 0.2) is 5.13 Å². The van der Waals surface area contributed by atoms with Gasteiger partial charge in [0.25, 0.3) is 0 Å². The third kappa shape index (κ3) is 4.62. The molecule has 146 valence electrons. The van der Waals surface area contributed by atoms with E-state index in [1.54, 1.807) is 12.0 Å². The molecule has 3 aromatic rings. The molecule has 0 saturated heterocycles. The Hall–Kier alpha value is -2.18. The first kappa shape index (κ1) is 20.6. The Morgan fingerprint density at radius 2 is 1.82 bits per heavy atom. The minimum atomic E-state index is 0.0687. The molecular weight excluding hydrogens is 436 g/mol. The van der Waals surface area contributed by atoms with E-state index in [-0.39, 0.29) is 5.91 Å². The quantitative estimate of drug-likeness (QED) is 0.393. The molecule has 0 saturated carbocycles. The summed E-state index contributed by atoms with van der Waals surface area (Å²) in [6.07, 6.45) is 2.35. The summed E-state index contributed by atoms with van der Waals surface area (Å²) in [5.74, 6) is 0.877. The predicted molar refractivity (Wildman–Crippen MR) is 120 cm³/mol. The molecule has 6 heteroatoms. The third-order valence-corrected chi connectivity index (χ3v) is 5.90. The highest BCUT2D eigenvalue weighted by molar-refractivity contribution is 9.10. The van der Waals surface area contributed by atoms with E-state index >= 15 is 0 Å². The molecule has 28 heavy (non-hydrogen) atoms. The molecule has 0 radical (unpaired) electrons. The van der Waals surface area contributed by atoms with Crippen molar-refractivity contribution in [2.24, 2.45) is 0 Å². The van der Waals surface area contributed by atoms with E-state index in [4.69, 9.17) is 9.72 Å². The number of thiazole rings is 1. The van der Waals surface area contributed by atoms with Gasteiger partial charge in [0.2, 0.25) is 5.91 Å². The summed E-state index contributed by atoms with van der Waals surface area (Å²) in [4.78, 5) is 20.6. The molecule has 2 aromatic carbocycles. The summed E-state index contributed by atoms with van der Waals surface area (Å²) in [5.41, 5.74) is 2.74. The second kappa shape index (κ2) is 9.34. The molecular formula is C22H23BrN2O2S. The van der Waals surface area contributed by atoms with Crippen LogP contribution in [0.15, 0.2) is 53.0 Å². The van der Waals surface area contributed by atoms with E-state index in [1.807, 2.05) is 55.5 Å². The van der Waals surface area contributed by atoms with Gasteiger partial charge >= 0.3 is 0 Å². The maximum absolute atomic E-state index is 13.0. The Morgan fingerprint density at radius 3 is 2.43 bits per heavy atom. The Labute approximate surface area is 178 Å². The fourth-order valence-electron chi connectivity index (χ4n) is 2.89. The summed E-state index contributed by atoms with van der Waals surface area (Å²) in [5, 5.41) is 0.701. The first-order valence-corrected chi connectivity index (χ1v) is 10.8. The maximum Gasteiger partial charge on any atom is 0.233 e. The highest BCUT2D eigenvalue weighted by atomic mass is 79.9. The van der Waals surface area contributed by atoms with Crippen LogP contribution in [0.1, 0.15) is 31.1 Å². The number of methoxy groups -OCH3 is 1. The fourth-order valence-corrected chi connectivity index (χ4v) is 4.12. The normalized spacial score (nSPS) is 10.7. The smallest absolute Gasteiger partial charge is 0.233 e. The molecule has 0 unspecified atom stereocenters. The van der Waals surface area contributed by atoms with Crippen LogP contribution >= 0.6 is 27.3 Å². The topological polar surface area (TPSA) is 42.4 Å². The van der Waals surface area contributed by atoms with Gasteiger partial charge in [-0.3, -0.25) is 9.69 Å². The zero-order valence-electron chi connectivity index (χ0n) is 16.2. The number of amides is 1. The van der Waals surface area contributed by atoms with Crippen LogP contribution in [0, 0.1) is 6.92 Å². The average Bonchev–Trinajstić information content (AvgIpc) is 3.09. The van der Waals surface area contributed by atoms with Crippen LogP contribution in [0.5, 0.6) is 5.75 Å². The molecule has 1 heterocycles. The lowest BCUT2D eigenvalue weighted by atomic mass is 10.1.